The molecule has 0 radical (unpaired) electrons. The molecule has 2 aromatic rings. The van der Waals surface area contributed by atoms with Crippen molar-refractivity contribution < 1.29 is 22.4 Å². The lowest BCUT2D eigenvalue weighted by Gasteiger charge is -2.30. The summed E-state index contributed by atoms with van der Waals surface area (Å²) in [6.07, 6.45) is 1.01. The van der Waals surface area contributed by atoms with E-state index in [0.29, 0.717) is 37.1 Å². The fraction of sp³-hybridized carbons (Fsp3) is 0.300. The van der Waals surface area contributed by atoms with Crippen molar-refractivity contribution in [3.8, 4) is 0 Å². The van der Waals surface area contributed by atoms with E-state index in [4.69, 9.17) is 5.73 Å². The lowest BCUT2D eigenvalue weighted by atomic mass is 9.96. The Kier molecular flexibility index (Phi) is 5.88. The number of nitrogens with zero attached hydrogens (tertiary/aromatic N) is 1. The van der Waals surface area contributed by atoms with Crippen molar-refractivity contribution in [3.05, 3.63) is 59.4 Å². The van der Waals surface area contributed by atoms with Crippen molar-refractivity contribution in [1.82, 2.24) is 4.90 Å². The number of nitrogens with one attached hydrogen (secondary N) is 1. The highest BCUT2D eigenvalue weighted by Gasteiger charge is 2.26. The molecule has 0 bridgehead atoms. The molecule has 2 amide bonds. The predicted molar refractivity (Wildman–Crippen MR) is 106 cm³/mol. The third-order valence-corrected chi connectivity index (χ3v) is 6.38. The van der Waals surface area contributed by atoms with Crippen LogP contribution in [-0.2, 0) is 14.8 Å². The fourth-order valence-corrected chi connectivity index (χ4v) is 4.28. The van der Waals surface area contributed by atoms with Crippen LogP contribution in [0.3, 0.4) is 0 Å². The molecule has 9 heteroatoms. The first-order valence-electron chi connectivity index (χ1n) is 9.15. The van der Waals surface area contributed by atoms with Gasteiger partial charge in [-0.3, -0.25) is 14.3 Å². The van der Waals surface area contributed by atoms with Gasteiger partial charge in [-0.05, 0) is 55.7 Å². The number of sulfonamides is 1. The largest absolute Gasteiger partial charge is 0.369 e. The molecule has 3 rings (SSSR count). The van der Waals surface area contributed by atoms with E-state index in [9.17, 15) is 22.4 Å². The Balaban J connectivity index is 1.75. The Bertz CT molecular complexity index is 1050. The topological polar surface area (TPSA) is 110 Å². The number of anilines is 1. The van der Waals surface area contributed by atoms with Crippen LogP contribution in [0, 0.1) is 18.7 Å². The summed E-state index contributed by atoms with van der Waals surface area (Å²) in [4.78, 5) is 25.4. The van der Waals surface area contributed by atoms with Gasteiger partial charge in [0.15, 0.2) is 0 Å². The molecule has 1 aliphatic heterocycles. The minimum atomic E-state index is -4.00. The quantitative estimate of drug-likeness (QED) is 0.775. The number of hydrogen-bond acceptors (Lipinski definition) is 4. The van der Waals surface area contributed by atoms with Crippen molar-refractivity contribution in [1.29, 1.82) is 0 Å². The first-order chi connectivity index (χ1) is 13.7. The minimum absolute atomic E-state index is 0.198. The molecule has 1 saturated heterocycles. The van der Waals surface area contributed by atoms with Crippen molar-refractivity contribution in [2.75, 3.05) is 17.8 Å². The number of likely N-dealkylation sites (tertiary alicyclic amines) is 1. The lowest BCUT2D eigenvalue weighted by molar-refractivity contribution is -0.123. The zero-order chi connectivity index (χ0) is 21.2. The number of hydrogen-bond donors (Lipinski definition) is 2. The number of rotatable bonds is 5. The van der Waals surface area contributed by atoms with E-state index in [1.54, 1.807) is 24.0 Å². The summed E-state index contributed by atoms with van der Waals surface area (Å²) in [6, 6.07) is 9.76. The smallest absolute Gasteiger partial charge is 0.261 e. The molecule has 1 heterocycles. The van der Waals surface area contributed by atoms with Gasteiger partial charge in [-0.2, -0.15) is 0 Å². The van der Waals surface area contributed by atoms with Gasteiger partial charge in [-0.1, -0.05) is 12.1 Å². The summed E-state index contributed by atoms with van der Waals surface area (Å²) in [5, 5.41) is 0. The Labute approximate surface area is 168 Å². The van der Waals surface area contributed by atoms with Crippen LogP contribution in [0.1, 0.15) is 28.8 Å². The first kappa shape index (κ1) is 20.8. The van der Waals surface area contributed by atoms with E-state index < -0.39 is 15.8 Å². The average Bonchev–Trinajstić information content (AvgIpc) is 2.69. The van der Waals surface area contributed by atoms with E-state index in [-0.39, 0.29) is 28.3 Å². The van der Waals surface area contributed by atoms with Crippen molar-refractivity contribution >= 4 is 27.5 Å². The third kappa shape index (κ3) is 4.73. The Morgan fingerprint density at radius 2 is 1.83 bits per heavy atom. The highest BCUT2D eigenvalue weighted by atomic mass is 32.2. The molecule has 0 spiro atoms. The zero-order valence-corrected chi connectivity index (χ0v) is 16.7. The summed E-state index contributed by atoms with van der Waals surface area (Å²) in [7, 11) is -4.00. The van der Waals surface area contributed by atoms with Crippen LogP contribution in [0.25, 0.3) is 0 Å². The SMILES string of the molecule is Cc1ccc(S(=O)(=O)Nc2cccc(C(=O)N3CCC(C(N)=O)CC3)c2)cc1F. The number of halogens is 1. The van der Waals surface area contributed by atoms with Crippen LogP contribution >= 0.6 is 0 Å². The number of amides is 2. The molecule has 0 atom stereocenters. The first-order valence-corrected chi connectivity index (χ1v) is 10.6. The fourth-order valence-electron chi connectivity index (χ4n) is 3.22. The van der Waals surface area contributed by atoms with E-state index in [1.807, 2.05) is 0 Å². The van der Waals surface area contributed by atoms with Crippen LogP contribution in [0.2, 0.25) is 0 Å². The summed E-state index contributed by atoms with van der Waals surface area (Å²) in [5.74, 6) is -1.46. The standard InChI is InChI=1S/C20H22FN3O4S/c1-13-5-6-17(12-18(13)21)29(27,28)23-16-4-2-3-15(11-16)20(26)24-9-7-14(8-10-24)19(22)25/h2-6,11-12,14,23H,7-10H2,1H3,(H2,22,25). The molecule has 0 saturated carbocycles. The molecule has 1 aliphatic rings. The summed E-state index contributed by atoms with van der Waals surface area (Å²) in [5.41, 5.74) is 6.17. The van der Waals surface area contributed by atoms with Gasteiger partial charge in [0.05, 0.1) is 4.90 Å². The molecule has 0 aromatic heterocycles. The number of primary amides is 1. The van der Waals surface area contributed by atoms with E-state index in [0.717, 1.165) is 6.07 Å². The lowest BCUT2D eigenvalue weighted by Crippen LogP contribution is -2.41. The molecule has 7 nitrogen and oxygen atoms in total. The Morgan fingerprint density at radius 1 is 1.14 bits per heavy atom. The van der Waals surface area contributed by atoms with Gasteiger partial charge < -0.3 is 10.6 Å². The second kappa shape index (κ2) is 8.20. The third-order valence-electron chi connectivity index (χ3n) is 5.00. The highest BCUT2D eigenvalue weighted by Crippen LogP contribution is 2.22. The van der Waals surface area contributed by atoms with Gasteiger partial charge in [-0.25, -0.2) is 12.8 Å². The van der Waals surface area contributed by atoms with Gasteiger partial charge in [0.1, 0.15) is 5.82 Å². The molecule has 3 N–H and O–H groups in total. The van der Waals surface area contributed by atoms with Crippen LogP contribution in [0.4, 0.5) is 10.1 Å². The minimum Gasteiger partial charge on any atom is -0.369 e. The summed E-state index contributed by atoms with van der Waals surface area (Å²) in [6.45, 7) is 2.36. The van der Waals surface area contributed by atoms with Crippen LogP contribution in [0.5, 0.6) is 0 Å². The maximum Gasteiger partial charge on any atom is 0.261 e. The maximum atomic E-state index is 13.7. The van der Waals surface area contributed by atoms with Gasteiger partial charge in [0, 0.05) is 30.3 Å². The van der Waals surface area contributed by atoms with Crippen LogP contribution in [-0.4, -0.2) is 38.2 Å². The molecule has 2 aromatic carbocycles. The van der Waals surface area contributed by atoms with Gasteiger partial charge in [0.2, 0.25) is 5.91 Å². The normalized spacial score (nSPS) is 15.2. The summed E-state index contributed by atoms with van der Waals surface area (Å²) < 4.78 is 41.2. The molecule has 29 heavy (non-hydrogen) atoms. The highest BCUT2D eigenvalue weighted by molar-refractivity contribution is 7.92. The maximum absolute atomic E-state index is 13.7. The molecule has 0 unspecified atom stereocenters. The average molecular weight is 419 g/mol. The van der Waals surface area contributed by atoms with Crippen molar-refractivity contribution in [3.63, 3.8) is 0 Å². The van der Waals surface area contributed by atoms with Crippen molar-refractivity contribution in [2.45, 2.75) is 24.7 Å². The number of piperidine rings is 1. The molecule has 1 fully saturated rings. The second-order valence-corrected chi connectivity index (χ2v) is 8.75. The van der Waals surface area contributed by atoms with Crippen molar-refractivity contribution in [2.24, 2.45) is 11.7 Å². The number of benzene rings is 2. The monoisotopic (exact) mass is 419 g/mol. The van der Waals surface area contributed by atoms with E-state index >= 15 is 0 Å². The van der Waals surface area contributed by atoms with Crippen LogP contribution in [0.15, 0.2) is 47.4 Å². The molecular weight excluding hydrogens is 397 g/mol. The van der Waals surface area contributed by atoms with E-state index in [2.05, 4.69) is 4.72 Å². The molecular formula is C20H22FN3O4S. The van der Waals surface area contributed by atoms with E-state index in [1.165, 1.54) is 24.3 Å². The number of aryl methyl sites for hydroxylation is 1. The van der Waals surface area contributed by atoms with Gasteiger partial charge in [-0.15, -0.1) is 0 Å². The number of carbonyl (C=O) groups is 2. The molecule has 0 aliphatic carbocycles. The molecule has 154 valence electrons. The zero-order valence-electron chi connectivity index (χ0n) is 15.9. The van der Waals surface area contributed by atoms with Gasteiger partial charge in [0.25, 0.3) is 15.9 Å². The number of carbonyl (C=O) groups excluding carboxylic acids is 2. The Morgan fingerprint density at radius 3 is 2.45 bits per heavy atom. The number of nitrogens with two attached hydrogens (primary N) is 1. The predicted octanol–water partition coefficient (Wildman–Crippen LogP) is 2.27. The summed E-state index contributed by atoms with van der Waals surface area (Å²) >= 11 is 0. The van der Waals surface area contributed by atoms with Gasteiger partial charge >= 0.3 is 0 Å². The second-order valence-electron chi connectivity index (χ2n) is 7.07. The Hall–Kier alpha value is -2.94. The van der Waals surface area contributed by atoms with Crippen LogP contribution < -0.4 is 10.5 Å².